The fourth-order valence-corrected chi connectivity index (χ4v) is 4.28. The molecule has 0 spiro atoms. The second kappa shape index (κ2) is 13.2. The molecule has 3 aromatic carbocycles. The molecule has 2 amide bonds. The molecule has 1 N–H and O–H groups in total. The fourth-order valence-electron chi connectivity index (χ4n) is 3.80. The normalized spacial score (nSPS) is 11.5. The number of hydrogen-bond donors (Lipinski definition) is 1. The van der Waals surface area contributed by atoms with Crippen LogP contribution in [0.15, 0.2) is 72.8 Å². The van der Waals surface area contributed by atoms with Crippen molar-refractivity contribution in [2.45, 2.75) is 45.3 Å². The Morgan fingerprint density at radius 1 is 0.971 bits per heavy atom. The zero-order valence-electron chi connectivity index (χ0n) is 20.0. The highest BCUT2D eigenvalue weighted by Crippen LogP contribution is 2.22. The van der Waals surface area contributed by atoms with E-state index in [4.69, 9.17) is 27.9 Å². The van der Waals surface area contributed by atoms with Gasteiger partial charge >= 0.3 is 0 Å². The second-order valence-electron chi connectivity index (χ2n) is 8.28. The second-order valence-corrected chi connectivity index (χ2v) is 9.12. The van der Waals surface area contributed by atoms with E-state index in [-0.39, 0.29) is 18.4 Å². The number of carbonyl (C=O) groups excluding carboxylic acids is 2. The maximum Gasteiger partial charge on any atom is 0.243 e. The number of ether oxygens (including phenoxy) is 1. The largest absolute Gasteiger partial charge is 0.497 e. The van der Waals surface area contributed by atoms with E-state index in [1.54, 1.807) is 30.2 Å². The molecule has 5 nitrogen and oxygen atoms in total. The quantitative estimate of drug-likeness (QED) is 0.339. The van der Waals surface area contributed by atoms with E-state index in [2.05, 4.69) is 5.32 Å². The molecular weight excluding hydrogens is 483 g/mol. The van der Waals surface area contributed by atoms with Crippen molar-refractivity contribution in [2.24, 2.45) is 0 Å². The van der Waals surface area contributed by atoms with Gasteiger partial charge in [0.1, 0.15) is 11.8 Å². The molecule has 184 valence electrons. The number of nitrogens with one attached hydrogen (secondary N) is 1. The monoisotopic (exact) mass is 512 g/mol. The number of nitrogens with zero attached hydrogens (tertiary/aromatic N) is 1. The zero-order valence-corrected chi connectivity index (χ0v) is 21.5. The first-order valence-electron chi connectivity index (χ1n) is 11.6. The molecule has 0 saturated heterocycles. The molecule has 0 saturated carbocycles. The van der Waals surface area contributed by atoms with Gasteiger partial charge in [-0.25, -0.2) is 0 Å². The van der Waals surface area contributed by atoms with Crippen molar-refractivity contribution in [3.8, 4) is 5.75 Å². The fraction of sp³-hybridized carbons (Fsp3) is 0.286. The standard InChI is InChI=1S/C28H30Cl2N2O3/c1-3-7-27(33)32(19-21-10-14-24(35-2)15-11-21)26(16-20-8-5-4-6-9-20)28(34)31-18-22-12-13-23(29)17-25(22)30/h4-6,8-15,17,26H,3,7,16,18-19H2,1-2H3,(H,31,34)/t26-/m1/s1. The first-order chi connectivity index (χ1) is 16.9. The minimum absolute atomic E-state index is 0.0658. The van der Waals surface area contributed by atoms with E-state index in [0.29, 0.717) is 35.9 Å². The lowest BCUT2D eigenvalue weighted by Crippen LogP contribution is -2.50. The van der Waals surface area contributed by atoms with Crippen LogP contribution >= 0.6 is 23.2 Å². The molecule has 0 unspecified atom stereocenters. The third-order valence-corrected chi connectivity index (χ3v) is 6.30. The number of methoxy groups -OCH3 is 1. The Morgan fingerprint density at radius 3 is 2.31 bits per heavy atom. The Labute approximate surface area is 217 Å². The molecule has 7 heteroatoms. The lowest BCUT2D eigenvalue weighted by molar-refractivity contribution is -0.141. The summed E-state index contributed by atoms with van der Waals surface area (Å²) in [5.41, 5.74) is 2.65. The molecule has 0 aliphatic carbocycles. The maximum atomic E-state index is 13.5. The summed E-state index contributed by atoms with van der Waals surface area (Å²) < 4.78 is 5.25. The van der Waals surface area contributed by atoms with Crippen LogP contribution in [-0.2, 0) is 29.1 Å². The predicted molar refractivity (Wildman–Crippen MR) is 141 cm³/mol. The van der Waals surface area contributed by atoms with Crippen LogP contribution in [0.1, 0.15) is 36.5 Å². The van der Waals surface area contributed by atoms with Gasteiger partial charge in [0.2, 0.25) is 11.8 Å². The molecule has 3 aromatic rings. The molecule has 1 atom stereocenters. The summed E-state index contributed by atoms with van der Waals surface area (Å²) in [4.78, 5) is 28.5. The van der Waals surface area contributed by atoms with E-state index >= 15 is 0 Å². The van der Waals surface area contributed by atoms with Gasteiger partial charge in [0.05, 0.1) is 7.11 Å². The van der Waals surface area contributed by atoms with Crippen LogP contribution in [0, 0.1) is 0 Å². The molecule has 0 heterocycles. The summed E-state index contributed by atoms with van der Waals surface area (Å²) in [5, 5.41) is 3.99. The van der Waals surface area contributed by atoms with Crippen molar-refractivity contribution in [2.75, 3.05) is 7.11 Å². The van der Waals surface area contributed by atoms with E-state index in [9.17, 15) is 9.59 Å². The molecule has 35 heavy (non-hydrogen) atoms. The smallest absolute Gasteiger partial charge is 0.243 e. The van der Waals surface area contributed by atoms with Crippen molar-refractivity contribution in [1.82, 2.24) is 10.2 Å². The Morgan fingerprint density at radius 2 is 1.69 bits per heavy atom. The number of amides is 2. The highest BCUT2D eigenvalue weighted by Gasteiger charge is 2.30. The summed E-state index contributed by atoms with van der Waals surface area (Å²) in [5.74, 6) is 0.431. The van der Waals surface area contributed by atoms with Crippen LogP contribution in [-0.4, -0.2) is 29.9 Å². The van der Waals surface area contributed by atoms with Crippen LogP contribution in [0.2, 0.25) is 10.0 Å². The summed E-state index contributed by atoms with van der Waals surface area (Å²) >= 11 is 12.3. The predicted octanol–water partition coefficient (Wildman–Crippen LogP) is 6.06. The van der Waals surface area contributed by atoms with Gasteiger partial charge in [0.25, 0.3) is 0 Å². The topological polar surface area (TPSA) is 58.6 Å². The number of rotatable bonds is 11. The average Bonchev–Trinajstić information content (AvgIpc) is 2.86. The van der Waals surface area contributed by atoms with Gasteiger partial charge in [-0.15, -0.1) is 0 Å². The molecule has 0 bridgehead atoms. The Hall–Kier alpha value is -3.02. The maximum absolute atomic E-state index is 13.5. The van der Waals surface area contributed by atoms with Crippen LogP contribution in [0.25, 0.3) is 0 Å². The van der Waals surface area contributed by atoms with E-state index in [1.165, 1.54) is 0 Å². The van der Waals surface area contributed by atoms with Gasteiger partial charge in [0, 0.05) is 36.0 Å². The summed E-state index contributed by atoms with van der Waals surface area (Å²) in [6.07, 6.45) is 1.45. The van der Waals surface area contributed by atoms with Gasteiger partial charge in [-0.2, -0.15) is 0 Å². The van der Waals surface area contributed by atoms with Crippen molar-refractivity contribution in [3.05, 3.63) is 99.5 Å². The number of benzene rings is 3. The molecule has 3 rings (SSSR count). The van der Waals surface area contributed by atoms with Gasteiger partial charge in [-0.3, -0.25) is 9.59 Å². The minimum atomic E-state index is -0.690. The zero-order chi connectivity index (χ0) is 25.2. The van der Waals surface area contributed by atoms with Gasteiger partial charge in [-0.1, -0.05) is 78.7 Å². The van der Waals surface area contributed by atoms with Crippen molar-refractivity contribution in [1.29, 1.82) is 0 Å². The Kier molecular flexibility index (Phi) is 10.0. The van der Waals surface area contributed by atoms with Crippen molar-refractivity contribution >= 4 is 35.0 Å². The molecule has 0 radical (unpaired) electrons. The van der Waals surface area contributed by atoms with Crippen LogP contribution < -0.4 is 10.1 Å². The highest BCUT2D eigenvalue weighted by atomic mass is 35.5. The summed E-state index contributed by atoms with van der Waals surface area (Å²) in [6.45, 7) is 2.51. The van der Waals surface area contributed by atoms with E-state index in [1.807, 2.05) is 61.5 Å². The Balaban J connectivity index is 1.88. The number of carbonyl (C=O) groups is 2. The van der Waals surface area contributed by atoms with Crippen LogP contribution in [0.5, 0.6) is 5.75 Å². The first-order valence-corrected chi connectivity index (χ1v) is 12.3. The van der Waals surface area contributed by atoms with Gasteiger partial charge in [-0.05, 0) is 47.4 Å². The lowest BCUT2D eigenvalue weighted by Gasteiger charge is -2.31. The van der Waals surface area contributed by atoms with Crippen molar-refractivity contribution < 1.29 is 14.3 Å². The molecule has 0 aliphatic heterocycles. The third-order valence-electron chi connectivity index (χ3n) is 5.72. The highest BCUT2D eigenvalue weighted by molar-refractivity contribution is 6.35. The lowest BCUT2D eigenvalue weighted by atomic mass is 10.0. The van der Waals surface area contributed by atoms with Crippen LogP contribution in [0.4, 0.5) is 0 Å². The van der Waals surface area contributed by atoms with Crippen LogP contribution in [0.3, 0.4) is 0 Å². The van der Waals surface area contributed by atoms with E-state index in [0.717, 1.165) is 22.4 Å². The summed E-state index contributed by atoms with van der Waals surface area (Å²) in [7, 11) is 1.61. The minimum Gasteiger partial charge on any atom is -0.497 e. The SMILES string of the molecule is CCCC(=O)N(Cc1ccc(OC)cc1)[C@H](Cc1ccccc1)C(=O)NCc1ccc(Cl)cc1Cl. The molecule has 0 aromatic heterocycles. The van der Waals surface area contributed by atoms with Gasteiger partial charge < -0.3 is 15.0 Å². The average molecular weight is 513 g/mol. The van der Waals surface area contributed by atoms with Crippen molar-refractivity contribution in [3.63, 3.8) is 0 Å². The number of hydrogen-bond acceptors (Lipinski definition) is 3. The summed E-state index contributed by atoms with van der Waals surface area (Å²) in [6, 6.07) is 21.7. The van der Waals surface area contributed by atoms with E-state index < -0.39 is 6.04 Å². The van der Waals surface area contributed by atoms with Gasteiger partial charge in [0.15, 0.2) is 0 Å². The molecular formula is C28H30Cl2N2O3. The first kappa shape index (κ1) is 26.6. The molecule has 0 aliphatic rings. The Bertz CT molecular complexity index is 1120. The third kappa shape index (κ3) is 7.74. The number of halogens is 2. The molecule has 0 fully saturated rings.